The Morgan fingerprint density at radius 3 is 2.47 bits per heavy atom. The van der Waals surface area contributed by atoms with E-state index in [9.17, 15) is 18.0 Å². The number of pyridine rings is 1. The standard InChI is InChI=1S/C24H19F3N6O/c1-14-12-20(33(32-14)18-5-2-4-16(13-18)21(28)29)23(34)31-22-19(6-3-11-30-22)15-7-9-17(10-8-15)24(25,26)27/h2-13H,1H3,(H3,28,29)(H,30,31,34). The van der Waals surface area contributed by atoms with Gasteiger partial charge < -0.3 is 11.1 Å². The molecule has 4 rings (SSSR count). The van der Waals surface area contributed by atoms with Crippen molar-refractivity contribution in [2.45, 2.75) is 13.1 Å². The number of aromatic nitrogens is 3. The first kappa shape index (κ1) is 22.7. The summed E-state index contributed by atoms with van der Waals surface area (Å²) in [5.74, 6) is -0.442. The second-order valence-corrected chi connectivity index (χ2v) is 7.48. The Hall–Kier alpha value is -4.47. The van der Waals surface area contributed by atoms with Crippen LogP contribution in [0.1, 0.15) is 27.3 Å². The van der Waals surface area contributed by atoms with E-state index in [2.05, 4.69) is 15.4 Å². The lowest BCUT2D eigenvalue weighted by Crippen LogP contribution is -2.18. The van der Waals surface area contributed by atoms with Crippen LogP contribution in [0.25, 0.3) is 16.8 Å². The van der Waals surface area contributed by atoms with Crippen LogP contribution in [0.2, 0.25) is 0 Å². The largest absolute Gasteiger partial charge is 0.416 e. The highest BCUT2D eigenvalue weighted by Gasteiger charge is 2.30. The van der Waals surface area contributed by atoms with Gasteiger partial charge in [0.2, 0.25) is 0 Å². The first-order chi connectivity index (χ1) is 16.1. The number of rotatable bonds is 5. The van der Waals surface area contributed by atoms with Crippen LogP contribution in [0, 0.1) is 12.3 Å². The van der Waals surface area contributed by atoms with Crippen molar-refractivity contribution in [2.75, 3.05) is 5.32 Å². The zero-order valence-electron chi connectivity index (χ0n) is 17.9. The molecule has 0 bridgehead atoms. The minimum atomic E-state index is -4.44. The topological polar surface area (TPSA) is 110 Å². The molecule has 2 aromatic heterocycles. The maximum absolute atomic E-state index is 13.2. The van der Waals surface area contributed by atoms with E-state index in [1.54, 1.807) is 49.4 Å². The van der Waals surface area contributed by atoms with Gasteiger partial charge >= 0.3 is 6.18 Å². The zero-order chi connectivity index (χ0) is 24.5. The SMILES string of the molecule is Cc1cc(C(=O)Nc2ncccc2-c2ccc(C(F)(F)F)cc2)n(-c2cccc(C(=N)N)c2)n1. The third-order valence-corrected chi connectivity index (χ3v) is 5.03. The second kappa shape index (κ2) is 8.81. The summed E-state index contributed by atoms with van der Waals surface area (Å²) in [7, 11) is 0. The van der Waals surface area contributed by atoms with Crippen molar-refractivity contribution >= 4 is 17.6 Å². The molecular weight excluding hydrogens is 445 g/mol. The van der Waals surface area contributed by atoms with Gasteiger partial charge in [0.15, 0.2) is 0 Å². The molecule has 0 saturated carbocycles. The molecule has 0 atom stereocenters. The number of amides is 1. The monoisotopic (exact) mass is 464 g/mol. The van der Waals surface area contributed by atoms with Gasteiger partial charge in [0.05, 0.1) is 16.9 Å². The van der Waals surface area contributed by atoms with Gasteiger partial charge in [-0.25, -0.2) is 9.67 Å². The van der Waals surface area contributed by atoms with Gasteiger partial charge in [-0.1, -0.05) is 24.3 Å². The number of alkyl halides is 3. The summed E-state index contributed by atoms with van der Waals surface area (Å²) in [6.07, 6.45) is -2.97. The van der Waals surface area contributed by atoms with Crippen LogP contribution in [0.4, 0.5) is 19.0 Å². The summed E-state index contributed by atoms with van der Waals surface area (Å²) in [5, 5.41) is 14.7. The number of aryl methyl sites for hydroxylation is 1. The number of nitrogens with one attached hydrogen (secondary N) is 2. The molecule has 0 radical (unpaired) electrons. The molecule has 4 aromatic rings. The molecule has 7 nitrogen and oxygen atoms in total. The molecule has 0 fully saturated rings. The van der Waals surface area contributed by atoms with Crippen LogP contribution in [-0.4, -0.2) is 26.5 Å². The highest BCUT2D eigenvalue weighted by molar-refractivity contribution is 6.05. The van der Waals surface area contributed by atoms with Crippen LogP contribution < -0.4 is 11.1 Å². The van der Waals surface area contributed by atoms with Crippen LogP contribution in [0.15, 0.2) is 72.9 Å². The second-order valence-electron chi connectivity index (χ2n) is 7.48. The summed E-state index contributed by atoms with van der Waals surface area (Å²) < 4.78 is 40.2. The van der Waals surface area contributed by atoms with E-state index >= 15 is 0 Å². The molecular formula is C24H19F3N6O. The van der Waals surface area contributed by atoms with Gasteiger partial charge in [-0.05, 0) is 55.0 Å². The van der Waals surface area contributed by atoms with E-state index in [4.69, 9.17) is 11.1 Å². The van der Waals surface area contributed by atoms with Crippen LogP contribution in [0.5, 0.6) is 0 Å². The van der Waals surface area contributed by atoms with Gasteiger partial charge in [-0.2, -0.15) is 18.3 Å². The van der Waals surface area contributed by atoms with Gasteiger partial charge in [0.25, 0.3) is 5.91 Å². The Labute approximate surface area is 192 Å². The summed E-state index contributed by atoms with van der Waals surface area (Å²) in [6.45, 7) is 1.73. The molecule has 10 heteroatoms. The lowest BCUT2D eigenvalue weighted by Gasteiger charge is -2.13. The molecule has 2 heterocycles. The Morgan fingerprint density at radius 1 is 1.06 bits per heavy atom. The van der Waals surface area contributed by atoms with E-state index in [0.717, 1.165) is 12.1 Å². The predicted molar refractivity (Wildman–Crippen MR) is 122 cm³/mol. The molecule has 172 valence electrons. The number of nitrogen functional groups attached to an aromatic ring is 1. The number of anilines is 1. The Kier molecular flexibility index (Phi) is 5.89. The average Bonchev–Trinajstić information content (AvgIpc) is 3.21. The first-order valence-corrected chi connectivity index (χ1v) is 10.1. The molecule has 34 heavy (non-hydrogen) atoms. The number of hydrogen-bond donors (Lipinski definition) is 3. The Balaban J connectivity index is 1.67. The quantitative estimate of drug-likeness (QED) is 0.291. The summed E-state index contributed by atoms with van der Waals surface area (Å²) in [4.78, 5) is 17.4. The zero-order valence-corrected chi connectivity index (χ0v) is 17.9. The van der Waals surface area contributed by atoms with E-state index in [1.807, 2.05) is 0 Å². The maximum Gasteiger partial charge on any atom is 0.416 e. The van der Waals surface area contributed by atoms with Crippen molar-refractivity contribution in [3.8, 4) is 16.8 Å². The van der Waals surface area contributed by atoms with E-state index in [0.29, 0.717) is 28.1 Å². The van der Waals surface area contributed by atoms with Crippen molar-refractivity contribution in [2.24, 2.45) is 5.73 Å². The first-order valence-electron chi connectivity index (χ1n) is 10.1. The molecule has 0 spiro atoms. The van der Waals surface area contributed by atoms with Crippen molar-refractivity contribution in [3.63, 3.8) is 0 Å². The third-order valence-electron chi connectivity index (χ3n) is 5.03. The van der Waals surface area contributed by atoms with Gasteiger partial charge in [0, 0.05) is 17.3 Å². The van der Waals surface area contributed by atoms with Gasteiger partial charge in [-0.3, -0.25) is 10.2 Å². The Bertz CT molecular complexity index is 1380. The molecule has 4 N–H and O–H groups in total. The number of benzene rings is 2. The van der Waals surface area contributed by atoms with Crippen LogP contribution in [-0.2, 0) is 6.18 Å². The smallest absolute Gasteiger partial charge is 0.384 e. The van der Waals surface area contributed by atoms with Gasteiger partial charge in [-0.15, -0.1) is 0 Å². The molecule has 0 aliphatic carbocycles. The minimum Gasteiger partial charge on any atom is -0.384 e. The molecule has 1 amide bonds. The number of carbonyl (C=O) groups excluding carboxylic acids is 1. The molecule has 0 aliphatic heterocycles. The highest BCUT2D eigenvalue weighted by Crippen LogP contribution is 2.32. The number of carbonyl (C=O) groups is 1. The van der Waals surface area contributed by atoms with Gasteiger partial charge in [0.1, 0.15) is 17.3 Å². The van der Waals surface area contributed by atoms with Crippen molar-refractivity contribution in [1.82, 2.24) is 14.8 Å². The molecule has 0 aliphatic rings. The average molecular weight is 464 g/mol. The molecule has 0 unspecified atom stereocenters. The highest BCUT2D eigenvalue weighted by atomic mass is 19.4. The lowest BCUT2D eigenvalue weighted by molar-refractivity contribution is -0.137. The summed E-state index contributed by atoms with van der Waals surface area (Å²) in [5.41, 5.74) is 7.55. The minimum absolute atomic E-state index is 0.119. The van der Waals surface area contributed by atoms with E-state index < -0.39 is 17.6 Å². The number of halogens is 3. The predicted octanol–water partition coefficient (Wildman–Crippen LogP) is 4.80. The number of nitrogens with zero attached hydrogens (tertiary/aromatic N) is 3. The number of amidine groups is 1. The van der Waals surface area contributed by atoms with Crippen LogP contribution in [0.3, 0.4) is 0 Å². The number of nitrogens with two attached hydrogens (primary N) is 1. The molecule has 0 saturated heterocycles. The van der Waals surface area contributed by atoms with Crippen molar-refractivity contribution in [1.29, 1.82) is 5.41 Å². The van der Waals surface area contributed by atoms with Crippen LogP contribution >= 0.6 is 0 Å². The summed E-state index contributed by atoms with van der Waals surface area (Å²) in [6, 6.07) is 16.2. The van der Waals surface area contributed by atoms with E-state index in [-0.39, 0.29) is 17.3 Å². The van der Waals surface area contributed by atoms with Crippen molar-refractivity contribution < 1.29 is 18.0 Å². The third kappa shape index (κ3) is 4.65. The Morgan fingerprint density at radius 2 is 1.79 bits per heavy atom. The number of hydrogen-bond acceptors (Lipinski definition) is 4. The van der Waals surface area contributed by atoms with E-state index in [1.165, 1.54) is 23.0 Å². The van der Waals surface area contributed by atoms with Crippen molar-refractivity contribution in [3.05, 3.63) is 95.4 Å². The fourth-order valence-corrected chi connectivity index (χ4v) is 3.41. The summed E-state index contributed by atoms with van der Waals surface area (Å²) >= 11 is 0. The lowest BCUT2D eigenvalue weighted by atomic mass is 10.0. The fourth-order valence-electron chi connectivity index (χ4n) is 3.41. The molecule has 2 aromatic carbocycles. The fraction of sp³-hybridized carbons (Fsp3) is 0.0833. The maximum atomic E-state index is 13.2. The normalized spacial score (nSPS) is 11.3.